The van der Waals surface area contributed by atoms with Gasteiger partial charge in [0.1, 0.15) is 11.5 Å². The highest BCUT2D eigenvalue weighted by Crippen LogP contribution is 2.63. The molecule has 0 saturated heterocycles. The first-order valence-corrected chi connectivity index (χ1v) is 19.0. The molecule has 4 heteroatoms. The molecule has 56 heavy (non-hydrogen) atoms. The Hall–Kier alpha value is -7.43. The van der Waals surface area contributed by atoms with Crippen molar-refractivity contribution in [2.45, 2.75) is 5.41 Å². The second kappa shape index (κ2) is 11.8. The molecule has 0 N–H and O–H groups in total. The minimum absolute atomic E-state index is 0.591. The fourth-order valence-electron chi connectivity index (χ4n) is 9.38. The average Bonchev–Trinajstić information content (AvgIpc) is 3.55. The first kappa shape index (κ1) is 31.0. The number of rotatable bonds is 3. The molecule has 1 aliphatic carbocycles. The molecule has 1 unspecified atom stereocenters. The number of ether oxygens (including phenoxy) is 1. The quantitative estimate of drug-likeness (QED) is 0.171. The van der Waals surface area contributed by atoms with Crippen molar-refractivity contribution in [2.24, 2.45) is 0 Å². The van der Waals surface area contributed by atoms with Gasteiger partial charge in [-0.1, -0.05) is 164 Å². The maximum absolute atomic E-state index is 6.93. The summed E-state index contributed by atoms with van der Waals surface area (Å²) in [6, 6.07) is 66.7. The van der Waals surface area contributed by atoms with Crippen LogP contribution in [0.1, 0.15) is 22.3 Å². The summed E-state index contributed by atoms with van der Waals surface area (Å²) in [5, 5.41) is 7.57. The van der Waals surface area contributed by atoms with Crippen molar-refractivity contribution < 1.29 is 4.74 Å². The summed E-state index contributed by atoms with van der Waals surface area (Å²) < 4.78 is 6.93. The van der Waals surface area contributed by atoms with Gasteiger partial charge in [0.2, 0.25) is 0 Å². The fourth-order valence-corrected chi connectivity index (χ4v) is 9.38. The molecule has 2 heterocycles. The van der Waals surface area contributed by atoms with Crippen LogP contribution < -0.4 is 4.74 Å². The standard InChI is InChI=1S/C52H31N3O/c1-3-15-32(16-4-1)49-53-50(33-17-5-2-6-18-33)55-51(54-49)34-27-28-45-48(29-34)56-47-26-14-13-25-44(47)52(45)43-24-12-11-23-39(43)42-30-40-37-21-9-7-19-35(37)36-20-8-10-22-38(36)41(40)31-46(42)52/h1-31H. The second-order valence-corrected chi connectivity index (χ2v) is 14.7. The van der Waals surface area contributed by atoms with Gasteiger partial charge in [0.15, 0.2) is 17.5 Å². The SMILES string of the molecule is c1ccc(-c2nc(-c3ccccc3)nc(-c3ccc4c(c3)Oc3ccccc3C43c4ccccc4-c4cc5c6ccccc6c6ccccc6c5cc43)n2)cc1. The van der Waals surface area contributed by atoms with E-state index in [2.05, 4.69) is 127 Å². The van der Waals surface area contributed by atoms with Gasteiger partial charge in [-0.25, -0.2) is 15.0 Å². The van der Waals surface area contributed by atoms with E-state index in [4.69, 9.17) is 19.7 Å². The van der Waals surface area contributed by atoms with Crippen LogP contribution >= 0.6 is 0 Å². The smallest absolute Gasteiger partial charge is 0.164 e. The summed E-state index contributed by atoms with van der Waals surface area (Å²) in [5.41, 5.74) is 9.32. The molecule has 9 aromatic carbocycles. The van der Waals surface area contributed by atoms with Crippen LogP contribution in [0, 0.1) is 0 Å². The molecule has 1 aliphatic heterocycles. The molecule has 1 spiro atoms. The molecule has 0 fully saturated rings. The van der Waals surface area contributed by atoms with Gasteiger partial charge in [0, 0.05) is 27.8 Å². The maximum atomic E-state index is 6.93. The summed E-state index contributed by atoms with van der Waals surface area (Å²) >= 11 is 0. The van der Waals surface area contributed by atoms with Crippen molar-refractivity contribution in [1.82, 2.24) is 15.0 Å². The van der Waals surface area contributed by atoms with Crippen molar-refractivity contribution >= 4 is 32.3 Å². The molecule has 1 atom stereocenters. The van der Waals surface area contributed by atoms with E-state index < -0.39 is 5.41 Å². The molecule has 0 saturated carbocycles. The van der Waals surface area contributed by atoms with Gasteiger partial charge in [-0.15, -0.1) is 0 Å². The van der Waals surface area contributed by atoms with Crippen molar-refractivity contribution in [2.75, 3.05) is 0 Å². The Labute approximate surface area is 323 Å². The van der Waals surface area contributed by atoms with E-state index in [1.54, 1.807) is 0 Å². The van der Waals surface area contributed by atoms with Crippen LogP contribution in [-0.2, 0) is 5.41 Å². The minimum Gasteiger partial charge on any atom is -0.457 e. The zero-order valence-electron chi connectivity index (χ0n) is 30.1. The normalized spacial score (nSPS) is 15.0. The highest BCUT2D eigenvalue weighted by Gasteiger charge is 2.51. The summed E-state index contributed by atoms with van der Waals surface area (Å²) in [6.45, 7) is 0. The molecule has 0 bridgehead atoms. The predicted octanol–water partition coefficient (Wildman–Crippen LogP) is 12.8. The van der Waals surface area contributed by atoms with Gasteiger partial charge >= 0.3 is 0 Å². The molecular weight excluding hydrogens is 683 g/mol. The third-order valence-electron chi connectivity index (χ3n) is 11.8. The molecule has 10 aromatic rings. The topological polar surface area (TPSA) is 47.9 Å². The number of para-hydroxylation sites is 1. The molecule has 0 radical (unpaired) electrons. The summed E-state index contributed by atoms with van der Waals surface area (Å²) in [5.74, 6) is 3.47. The Bertz CT molecular complexity index is 3170. The van der Waals surface area contributed by atoms with Crippen LogP contribution in [0.4, 0.5) is 0 Å². The third kappa shape index (κ3) is 4.32. The van der Waals surface area contributed by atoms with Crippen molar-refractivity contribution in [3.8, 4) is 56.8 Å². The molecule has 12 rings (SSSR count). The number of benzene rings is 9. The Kier molecular flexibility index (Phi) is 6.52. The Balaban J connectivity index is 1.14. The first-order chi connectivity index (χ1) is 27.8. The van der Waals surface area contributed by atoms with E-state index >= 15 is 0 Å². The molecule has 4 nitrogen and oxygen atoms in total. The van der Waals surface area contributed by atoms with E-state index in [0.717, 1.165) is 39.3 Å². The largest absolute Gasteiger partial charge is 0.457 e. The number of hydrogen-bond acceptors (Lipinski definition) is 4. The van der Waals surface area contributed by atoms with Gasteiger partial charge in [-0.2, -0.15) is 0 Å². The van der Waals surface area contributed by atoms with Crippen LogP contribution in [0.5, 0.6) is 11.5 Å². The minimum atomic E-state index is -0.626. The van der Waals surface area contributed by atoms with E-state index in [-0.39, 0.29) is 0 Å². The number of aromatic nitrogens is 3. The zero-order valence-corrected chi connectivity index (χ0v) is 30.1. The summed E-state index contributed by atoms with van der Waals surface area (Å²) in [4.78, 5) is 15.1. The van der Waals surface area contributed by atoms with Crippen LogP contribution in [0.25, 0.3) is 77.6 Å². The molecule has 2 aliphatic rings. The zero-order chi connectivity index (χ0) is 36.8. The van der Waals surface area contributed by atoms with Gasteiger partial charge in [-0.05, 0) is 78.8 Å². The number of nitrogens with zero attached hydrogens (tertiary/aromatic N) is 3. The van der Waals surface area contributed by atoms with Crippen molar-refractivity contribution in [3.05, 3.63) is 210 Å². The molecule has 260 valence electrons. The lowest BCUT2D eigenvalue weighted by atomic mass is 9.65. The number of fused-ring (bicyclic) bond motifs is 15. The predicted molar refractivity (Wildman–Crippen MR) is 226 cm³/mol. The Morgan fingerprint density at radius 1 is 0.304 bits per heavy atom. The van der Waals surface area contributed by atoms with Crippen molar-refractivity contribution in [3.63, 3.8) is 0 Å². The van der Waals surface area contributed by atoms with E-state index in [1.165, 1.54) is 54.6 Å². The van der Waals surface area contributed by atoms with Gasteiger partial charge in [0.05, 0.1) is 5.41 Å². The van der Waals surface area contributed by atoms with Gasteiger partial charge < -0.3 is 4.74 Å². The molecular formula is C52H31N3O. The van der Waals surface area contributed by atoms with E-state index in [1.807, 2.05) is 60.7 Å². The van der Waals surface area contributed by atoms with Gasteiger partial charge in [-0.3, -0.25) is 0 Å². The maximum Gasteiger partial charge on any atom is 0.164 e. The molecule has 1 aromatic heterocycles. The summed E-state index contributed by atoms with van der Waals surface area (Å²) in [7, 11) is 0. The van der Waals surface area contributed by atoms with Crippen LogP contribution in [0.15, 0.2) is 188 Å². The molecule has 0 amide bonds. The lowest BCUT2D eigenvalue weighted by Gasteiger charge is -2.39. The highest BCUT2D eigenvalue weighted by atomic mass is 16.5. The van der Waals surface area contributed by atoms with E-state index in [0.29, 0.717) is 17.5 Å². The average molecular weight is 714 g/mol. The lowest BCUT2D eigenvalue weighted by Crippen LogP contribution is -2.32. The van der Waals surface area contributed by atoms with Crippen molar-refractivity contribution in [1.29, 1.82) is 0 Å². The lowest BCUT2D eigenvalue weighted by molar-refractivity contribution is 0.436. The third-order valence-corrected chi connectivity index (χ3v) is 11.8. The fraction of sp³-hybridized carbons (Fsp3) is 0.0192. The van der Waals surface area contributed by atoms with Gasteiger partial charge in [0.25, 0.3) is 0 Å². The van der Waals surface area contributed by atoms with Crippen LogP contribution in [-0.4, -0.2) is 15.0 Å². The van der Waals surface area contributed by atoms with Crippen LogP contribution in [0.3, 0.4) is 0 Å². The van der Waals surface area contributed by atoms with E-state index in [9.17, 15) is 0 Å². The monoisotopic (exact) mass is 713 g/mol. The van der Waals surface area contributed by atoms with Crippen LogP contribution in [0.2, 0.25) is 0 Å². The Morgan fingerprint density at radius 2 is 0.786 bits per heavy atom. The summed E-state index contributed by atoms with van der Waals surface area (Å²) in [6.07, 6.45) is 0. The number of hydrogen-bond donors (Lipinski definition) is 0. The first-order valence-electron chi connectivity index (χ1n) is 19.0. The second-order valence-electron chi connectivity index (χ2n) is 14.7. The Morgan fingerprint density at radius 3 is 1.43 bits per heavy atom. The highest BCUT2D eigenvalue weighted by molar-refractivity contribution is 6.26.